The number of likely N-dealkylation sites (tertiary alicyclic amines) is 1. The van der Waals surface area contributed by atoms with Crippen LogP contribution in [-0.2, 0) is 4.74 Å². The SMILES string of the molecule is CC(C)(C)OC(=O)N1CCC(N(C(=O)c2cnc(-c3ccc(C(=O)Nc4ccccc4)cc3)nc2)C2CC2)CC1. The van der Waals surface area contributed by atoms with Gasteiger partial charge in [0.15, 0.2) is 5.82 Å². The Kier molecular flexibility index (Phi) is 7.82. The van der Waals surface area contributed by atoms with Crippen molar-refractivity contribution in [3.63, 3.8) is 0 Å². The molecular formula is C31H35N5O4. The molecule has 1 saturated carbocycles. The van der Waals surface area contributed by atoms with Gasteiger partial charge in [0.1, 0.15) is 5.60 Å². The van der Waals surface area contributed by atoms with Crippen molar-refractivity contribution in [2.75, 3.05) is 18.4 Å². The summed E-state index contributed by atoms with van der Waals surface area (Å²) in [6.45, 7) is 6.70. The van der Waals surface area contributed by atoms with Crippen LogP contribution in [-0.4, -0.2) is 68.4 Å². The molecule has 1 aliphatic heterocycles. The van der Waals surface area contributed by atoms with Crippen LogP contribution in [0.3, 0.4) is 0 Å². The van der Waals surface area contributed by atoms with Crippen LogP contribution >= 0.6 is 0 Å². The number of amides is 3. The van der Waals surface area contributed by atoms with Crippen molar-refractivity contribution >= 4 is 23.6 Å². The van der Waals surface area contributed by atoms with E-state index in [1.165, 1.54) is 0 Å². The monoisotopic (exact) mass is 541 g/mol. The van der Waals surface area contributed by atoms with Crippen molar-refractivity contribution in [3.05, 3.63) is 78.1 Å². The highest BCUT2D eigenvalue weighted by atomic mass is 16.6. The lowest BCUT2D eigenvalue weighted by atomic mass is 10.0. The molecule has 0 unspecified atom stereocenters. The first-order valence-electron chi connectivity index (χ1n) is 13.8. The third-order valence-electron chi connectivity index (χ3n) is 7.02. The second-order valence-electron chi connectivity index (χ2n) is 11.3. The van der Waals surface area contributed by atoms with Crippen molar-refractivity contribution in [2.45, 2.75) is 64.1 Å². The maximum Gasteiger partial charge on any atom is 0.410 e. The molecule has 1 aliphatic carbocycles. The number of aromatic nitrogens is 2. The largest absolute Gasteiger partial charge is 0.444 e. The lowest BCUT2D eigenvalue weighted by Crippen LogP contribution is -2.50. The minimum Gasteiger partial charge on any atom is -0.444 e. The predicted molar refractivity (Wildman–Crippen MR) is 152 cm³/mol. The molecule has 5 rings (SSSR count). The van der Waals surface area contributed by atoms with Crippen molar-refractivity contribution in [3.8, 4) is 11.4 Å². The third-order valence-corrected chi connectivity index (χ3v) is 7.02. The number of hydrogen-bond donors (Lipinski definition) is 1. The molecule has 0 spiro atoms. The molecule has 3 amide bonds. The van der Waals surface area contributed by atoms with Crippen LogP contribution < -0.4 is 5.32 Å². The van der Waals surface area contributed by atoms with Crippen molar-refractivity contribution in [1.82, 2.24) is 19.8 Å². The molecule has 2 fully saturated rings. The third kappa shape index (κ3) is 6.65. The normalized spacial score (nSPS) is 15.8. The van der Waals surface area contributed by atoms with Gasteiger partial charge in [-0.15, -0.1) is 0 Å². The van der Waals surface area contributed by atoms with E-state index in [9.17, 15) is 14.4 Å². The second kappa shape index (κ2) is 11.5. The van der Waals surface area contributed by atoms with E-state index in [1.54, 1.807) is 41.6 Å². The predicted octanol–water partition coefficient (Wildman–Crippen LogP) is 5.40. The Hall–Kier alpha value is -4.27. The smallest absolute Gasteiger partial charge is 0.410 e. The van der Waals surface area contributed by atoms with Gasteiger partial charge >= 0.3 is 6.09 Å². The van der Waals surface area contributed by atoms with Gasteiger partial charge in [-0.3, -0.25) is 9.59 Å². The van der Waals surface area contributed by atoms with Gasteiger partial charge in [-0.25, -0.2) is 14.8 Å². The van der Waals surface area contributed by atoms with Gasteiger partial charge in [0.05, 0.1) is 5.56 Å². The van der Waals surface area contributed by atoms with E-state index in [0.717, 1.165) is 24.1 Å². The Morgan fingerprint density at radius 1 is 0.850 bits per heavy atom. The molecule has 3 aromatic rings. The summed E-state index contributed by atoms with van der Waals surface area (Å²) >= 11 is 0. The number of nitrogens with one attached hydrogen (secondary N) is 1. The van der Waals surface area contributed by atoms with E-state index in [4.69, 9.17) is 4.74 Å². The number of benzene rings is 2. The van der Waals surface area contributed by atoms with Crippen molar-refractivity contribution in [1.29, 1.82) is 0 Å². The summed E-state index contributed by atoms with van der Waals surface area (Å²) in [5, 5.41) is 2.87. The van der Waals surface area contributed by atoms with Crippen LogP contribution in [0.5, 0.6) is 0 Å². The van der Waals surface area contributed by atoms with Gasteiger partial charge in [0.25, 0.3) is 11.8 Å². The molecule has 9 nitrogen and oxygen atoms in total. The summed E-state index contributed by atoms with van der Waals surface area (Å²) in [7, 11) is 0. The Balaban J connectivity index is 1.21. The highest BCUT2D eigenvalue weighted by Gasteiger charge is 2.40. The second-order valence-corrected chi connectivity index (χ2v) is 11.3. The molecule has 1 saturated heterocycles. The number of nitrogens with zero attached hydrogens (tertiary/aromatic N) is 4. The first-order valence-corrected chi connectivity index (χ1v) is 13.8. The van der Waals surface area contributed by atoms with Crippen LogP contribution in [0, 0.1) is 0 Å². The number of carbonyl (C=O) groups is 3. The van der Waals surface area contributed by atoms with Crippen molar-refractivity contribution < 1.29 is 19.1 Å². The molecule has 1 aromatic heterocycles. The van der Waals surface area contributed by atoms with E-state index in [-0.39, 0.29) is 30.0 Å². The number of ether oxygens (including phenoxy) is 1. The molecule has 0 radical (unpaired) electrons. The summed E-state index contributed by atoms with van der Waals surface area (Å²) < 4.78 is 5.51. The van der Waals surface area contributed by atoms with Crippen LogP contribution in [0.15, 0.2) is 67.0 Å². The minimum atomic E-state index is -0.533. The molecule has 2 aromatic carbocycles. The zero-order chi connectivity index (χ0) is 28.3. The van der Waals surface area contributed by atoms with E-state index in [1.807, 2.05) is 56.0 Å². The minimum absolute atomic E-state index is 0.0629. The first kappa shape index (κ1) is 27.3. The van der Waals surface area contributed by atoms with E-state index < -0.39 is 5.60 Å². The molecule has 40 heavy (non-hydrogen) atoms. The summed E-state index contributed by atoms with van der Waals surface area (Å²) in [5.41, 5.74) is 1.92. The van der Waals surface area contributed by atoms with Crippen LogP contribution in [0.4, 0.5) is 10.5 Å². The summed E-state index contributed by atoms with van der Waals surface area (Å²) in [4.78, 5) is 51.2. The van der Waals surface area contributed by atoms with Gasteiger partial charge in [-0.1, -0.05) is 30.3 Å². The Morgan fingerprint density at radius 3 is 2.02 bits per heavy atom. The van der Waals surface area contributed by atoms with Gasteiger partial charge in [-0.2, -0.15) is 0 Å². The number of anilines is 1. The fraction of sp³-hybridized carbons (Fsp3) is 0.387. The number of hydrogen-bond acceptors (Lipinski definition) is 6. The Morgan fingerprint density at radius 2 is 1.45 bits per heavy atom. The number of rotatable bonds is 6. The van der Waals surface area contributed by atoms with Crippen molar-refractivity contribution in [2.24, 2.45) is 0 Å². The highest BCUT2D eigenvalue weighted by molar-refractivity contribution is 6.04. The topological polar surface area (TPSA) is 105 Å². The Bertz CT molecular complexity index is 1340. The Labute approximate surface area is 234 Å². The maximum absolute atomic E-state index is 13.5. The summed E-state index contributed by atoms with van der Waals surface area (Å²) in [6, 6.07) is 16.6. The molecule has 0 atom stereocenters. The molecule has 2 heterocycles. The van der Waals surface area contributed by atoms with Gasteiger partial charge in [-0.05, 0) is 70.7 Å². The van der Waals surface area contributed by atoms with Gasteiger partial charge < -0.3 is 19.9 Å². The average Bonchev–Trinajstić information content (AvgIpc) is 3.78. The molecular weight excluding hydrogens is 506 g/mol. The molecule has 2 aliphatic rings. The average molecular weight is 542 g/mol. The van der Waals surface area contributed by atoms with Crippen LogP contribution in [0.1, 0.15) is 67.2 Å². The molecule has 208 valence electrons. The maximum atomic E-state index is 13.5. The molecule has 1 N–H and O–H groups in total. The quantitative estimate of drug-likeness (QED) is 0.448. The van der Waals surface area contributed by atoms with Crippen LogP contribution in [0.25, 0.3) is 11.4 Å². The lowest BCUT2D eigenvalue weighted by Gasteiger charge is -2.39. The standard InChI is InChI=1S/C31H35N5O4/c1-31(2,3)40-30(39)35-17-15-26(16-18-35)36(25-13-14-25)29(38)23-19-32-27(33-20-23)21-9-11-22(12-10-21)28(37)34-24-7-5-4-6-8-24/h4-12,19-20,25-26H,13-18H2,1-3H3,(H,34,37). The summed E-state index contributed by atoms with van der Waals surface area (Å²) in [5.74, 6) is 0.213. The first-order chi connectivity index (χ1) is 19.2. The van der Waals surface area contributed by atoms with Crippen LogP contribution in [0.2, 0.25) is 0 Å². The molecule has 0 bridgehead atoms. The zero-order valence-electron chi connectivity index (χ0n) is 23.2. The fourth-order valence-electron chi connectivity index (χ4n) is 4.87. The van der Waals surface area contributed by atoms with E-state index in [0.29, 0.717) is 42.9 Å². The van der Waals surface area contributed by atoms with E-state index >= 15 is 0 Å². The number of piperidine rings is 1. The zero-order valence-corrected chi connectivity index (χ0v) is 23.2. The molecule has 9 heteroatoms. The fourth-order valence-corrected chi connectivity index (χ4v) is 4.87. The highest BCUT2D eigenvalue weighted by Crippen LogP contribution is 2.33. The van der Waals surface area contributed by atoms with Gasteiger partial charge in [0, 0.05) is 54.4 Å². The van der Waals surface area contributed by atoms with E-state index in [2.05, 4.69) is 15.3 Å². The summed E-state index contributed by atoms with van der Waals surface area (Å²) in [6.07, 6.45) is 6.25. The van der Waals surface area contributed by atoms with Gasteiger partial charge in [0.2, 0.25) is 0 Å². The lowest BCUT2D eigenvalue weighted by molar-refractivity contribution is 0.0142. The number of carbonyl (C=O) groups excluding carboxylic acids is 3. The number of para-hydroxylation sites is 1.